The number of amides is 1. The van der Waals surface area contributed by atoms with Crippen molar-refractivity contribution in [2.45, 2.75) is 5.03 Å². The van der Waals surface area contributed by atoms with Crippen LogP contribution in [0.15, 0.2) is 95.1 Å². The van der Waals surface area contributed by atoms with Gasteiger partial charge in [-0.15, -0.1) is 0 Å². The van der Waals surface area contributed by atoms with Gasteiger partial charge >= 0.3 is 0 Å². The molecule has 0 bridgehead atoms. The molecule has 0 saturated heterocycles. The first-order valence-corrected chi connectivity index (χ1v) is 11.4. The first-order valence-electron chi connectivity index (χ1n) is 10.4. The fourth-order valence-electron chi connectivity index (χ4n) is 3.21. The van der Waals surface area contributed by atoms with Crippen molar-refractivity contribution in [3.05, 3.63) is 106 Å². The SMILES string of the molecule is N#Cc1c(-c2ccccc2)nn(-c2ccccc2)c1SCC(=O)N/N=C/c1ccc([N+](=O)[O-])cc1. The van der Waals surface area contributed by atoms with Gasteiger partial charge in [0.1, 0.15) is 22.4 Å². The summed E-state index contributed by atoms with van der Waals surface area (Å²) in [6, 6.07) is 26.8. The molecule has 0 aliphatic carbocycles. The molecule has 4 rings (SSSR count). The smallest absolute Gasteiger partial charge is 0.269 e. The lowest BCUT2D eigenvalue weighted by Gasteiger charge is -2.07. The summed E-state index contributed by atoms with van der Waals surface area (Å²) in [5, 5.41) is 29.8. The molecule has 3 aromatic carbocycles. The zero-order valence-electron chi connectivity index (χ0n) is 18.2. The second kappa shape index (κ2) is 10.9. The van der Waals surface area contributed by atoms with E-state index in [1.54, 1.807) is 4.68 Å². The summed E-state index contributed by atoms with van der Waals surface area (Å²) in [5.41, 5.74) is 5.50. The Morgan fingerprint density at radius 3 is 2.37 bits per heavy atom. The Hall–Kier alpha value is -4.75. The Kier molecular flexibility index (Phi) is 7.30. The minimum absolute atomic E-state index is 0.000954. The quantitative estimate of drug-likeness (QED) is 0.170. The van der Waals surface area contributed by atoms with Gasteiger partial charge in [0.2, 0.25) is 5.91 Å². The summed E-state index contributed by atoms with van der Waals surface area (Å²) in [6.45, 7) is 0. The molecule has 0 spiro atoms. The van der Waals surface area contributed by atoms with E-state index in [4.69, 9.17) is 0 Å². The average Bonchev–Trinajstić information content (AvgIpc) is 3.27. The Bertz CT molecular complexity index is 1410. The highest BCUT2D eigenvalue weighted by Crippen LogP contribution is 2.33. The molecule has 0 unspecified atom stereocenters. The van der Waals surface area contributed by atoms with Crippen molar-refractivity contribution in [3.8, 4) is 23.0 Å². The van der Waals surface area contributed by atoms with Gasteiger partial charge in [-0.05, 0) is 29.8 Å². The number of hydrogen-bond donors (Lipinski definition) is 1. The van der Waals surface area contributed by atoms with Gasteiger partial charge in [-0.3, -0.25) is 14.9 Å². The van der Waals surface area contributed by atoms with Crippen molar-refractivity contribution in [3.63, 3.8) is 0 Å². The highest BCUT2D eigenvalue weighted by molar-refractivity contribution is 8.00. The molecule has 0 aliphatic rings. The lowest BCUT2D eigenvalue weighted by Crippen LogP contribution is -2.20. The number of nitrogens with zero attached hydrogens (tertiary/aromatic N) is 5. The molecule has 0 fully saturated rings. The Labute approximate surface area is 204 Å². The topological polar surface area (TPSA) is 126 Å². The molecule has 1 aromatic heterocycles. The van der Waals surface area contributed by atoms with Crippen molar-refractivity contribution in [2.75, 3.05) is 5.75 Å². The van der Waals surface area contributed by atoms with Crippen LogP contribution in [0.3, 0.4) is 0 Å². The second-order valence-electron chi connectivity index (χ2n) is 7.18. The number of nitro groups is 1. The van der Waals surface area contributed by atoms with E-state index in [0.717, 1.165) is 11.3 Å². The third-order valence-electron chi connectivity index (χ3n) is 4.85. The Balaban J connectivity index is 1.52. The van der Waals surface area contributed by atoms with E-state index in [1.807, 2.05) is 60.7 Å². The molecule has 1 N–H and O–H groups in total. The third kappa shape index (κ3) is 5.61. The number of carbonyl (C=O) groups is 1. The van der Waals surface area contributed by atoms with E-state index in [0.29, 0.717) is 21.8 Å². The van der Waals surface area contributed by atoms with Gasteiger partial charge in [-0.1, -0.05) is 60.3 Å². The zero-order valence-corrected chi connectivity index (χ0v) is 19.1. The van der Waals surface area contributed by atoms with Crippen LogP contribution < -0.4 is 5.43 Å². The van der Waals surface area contributed by atoms with Crippen LogP contribution in [0.5, 0.6) is 0 Å². The molecule has 1 amide bonds. The van der Waals surface area contributed by atoms with E-state index in [1.165, 1.54) is 42.2 Å². The lowest BCUT2D eigenvalue weighted by atomic mass is 10.1. The molecule has 9 nitrogen and oxygen atoms in total. The number of hydrazone groups is 1. The van der Waals surface area contributed by atoms with Gasteiger partial charge in [0.05, 0.1) is 22.6 Å². The molecule has 0 aliphatic heterocycles. The van der Waals surface area contributed by atoms with Crippen molar-refractivity contribution >= 4 is 29.6 Å². The number of benzene rings is 3. The van der Waals surface area contributed by atoms with Crippen molar-refractivity contribution < 1.29 is 9.72 Å². The molecule has 10 heteroatoms. The number of para-hydroxylation sites is 1. The third-order valence-corrected chi connectivity index (χ3v) is 5.91. The number of nitro benzene ring substituents is 1. The number of nitrogens with one attached hydrogen (secondary N) is 1. The maximum absolute atomic E-state index is 12.4. The molecule has 1 heterocycles. The highest BCUT2D eigenvalue weighted by Gasteiger charge is 2.21. The summed E-state index contributed by atoms with van der Waals surface area (Å²) in [4.78, 5) is 22.7. The predicted octanol–water partition coefficient (Wildman–Crippen LogP) is 4.56. The Morgan fingerprint density at radius 1 is 1.09 bits per heavy atom. The van der Waals surface area contributed by atoms with Crippen LogP contribution in [-0.2, 0) is 4.79 Å². The largest absolute Gasteiger partial charge is 0.272 e. The van der Waals surface area contributed by atoms with E-state index in [2.05, 4.69) is 21.7 Å². The lowest BCUT2D eigenvalue weighted by molar-refractivity contribution is -0.384. The van der Waals surface area contributed by atoms with Crippen LogP contribution >= 0.6 is 11.8 Å². The first kappa shape index (κ1) is 23.4. The Morgan fingerprint density at radius 2 is 1.74 bits per heavy atom. The number of nitriles is 1. The minimum Gasteiger partial charge on any atom is -0.272 e. The maximum Gasteiger partial charge on any atom is 0.269 e. The van der Waals surface area contributed by atoms with Gasteiger partial charge < -0.3 is 0 Å². The number of thioether (sulfide) groups is 1. The van der Waals surface area contributed by atoms with Gasteiger partial charge in [-0.25, -0.2) is 10.1 Å². The van der Waals surface area contributed by atoms with Crippen LogP contribution in [0.4, 0.5) is 5.69 Å². The fraction of sp³-hybridized carbons (Fsp3) is 0.0400. The normalized spacial score (nSPS) is 10.7. The van der Waals surface area contributed by atoms with Gasteiger partial charge in [0.25, 0.3) is 5.69 Å². The first-order chi connectivity index (χ1) is 17.1. The van der Waals surface area contributed by atoms with E-state index in [-0.39, 0.29) is 17.3 Å². The van der Waals surface area contributed by atoms with Gasteiger partial charge in [-0.2, -0.15) is 15.5 Å². The minimum atomic E-state index is -0.487. The fourth-order valence-corrected chi connectivity index (χ4v) is 4.09. The summed E-state index contributed by atoms with van der Waals surface area (Å²) < 4.78 is 1.67. The molecule has 35 heavy (non-hydrogen) atoms. The summed E-state index contributed by atoms with van der Waals surface area (Å²) in [7, 11) is 0. The molecule has 4 aromatic rings. The monoisotopic (exact) mass is 482 g/mol. The number of rotatable bonds is 8. The van der Waals surface area contributed by atoms with Crippen molar-refractivity contribution in [1.82, 2.24) is 15.2 Å². The summed E-state index contributed by atoms with van der Waals surface area (Å²) >= 11 is 1.19. The van der Waals surface area contributed by atoms with Gasteiger partial charge in [0, 0.05) is 17.7 Å². The molecule has 0 atom stereocenters. The summed E-state index contributed by atoms with van der Waals surface area (Å²) in [5.74, 6) is -0.377. The molecule has 0 saturated carbocycles. The number of carbonyl (C=O) groups excluding carboxylic acids is 1. The molecular weight excluding hydrogens is 464 g/mol. The molecule has 0 radical (unpaired) electrons. The van der Waals surface area contributed by atoms with E-state index in [9.17, 15) is 20.2 Å². The van der Waals surface area contributed by atoms with Crippen molar-refractivity contribution in [1.29, 1.82) is 5.26 Å². The molecule has 172 valence electrons. The van der Waals surface area contributed by atoms with Crippen molar-refractivity contribution in [2.24, 2.45) is 5.10 Å². The van der Waals surface area contributed by atoms with E-state index >= 15 is 0 Å². The zero-order chi connectivity index (χ0) is 24.6. The van der Waals surface area contributed by atoms with E-state index < -0.39 is 4.92 Å². The van der Waals surface area contributed by atoms with Crippen LogP contribution in [-0.4, -0.2) is 32.6 Å². The van der Waals surface area contributed by atoms with Crippen LogP contribution in [0, 0.1) is 21.4 Å². The number of hydrogen-bond acceptors (Lipinski definition) is 7. The predicted molar refractivity (Wildman–Crippen MR) is 133 cm³/mol. The molecular formula is C25H18N6O3S. The van der Waals surface area contributed by atoms with Gasteiger partial charge in [0.15, 0.2) is 0 Å². The van der Waals surface area contributed by atoms with Crippen LogP contribution in [0.1, 0.15) is 11.1 Å². The standard InChI is InChI=1S/C25H18N6O3S/c26-15-22-24(19-7-3-1-4-8-19)29-30(20-9-5-2-6-10-20)25(22)35-17-23(32)28-27-16-18-11-13-21(14-12-18)31(33)34/h1-14,16H,17H2,(H,28,32)/b27-16+. The number of aromatic nitrogens is 2. The number of non-ortho nitro benzene ring substituents is 1. The average molecular weight is 483 g/mol. The highest BCUT2D eigenvalue weighted by atomic mass is 32.2. The maximum atomic E-state index is 12.4. The van der Waals surface area contributed by atoms with Crippen LogP contribution in [0.2, 0.25) is 0 Å². The van der Waals surface area contributed by atoms with Crippen LogP contribution in [0.25, 0.3) is 16.9 Å². The second-order valence-corrected chi connectivity index (χ2v) is 8.15. The summed E-state index contributed by atoms with van der Waals surface area (Å²) in [6.07, 6.45) is 1.40.